The molecule has 0 aromatic carbocycles. The standard InChI is InChI=1S/C16H30N2O3S/c1-12(2)15(16(19)18-13-7-6-10-17-11-13)22(20,21)14-8-4-3-5-9-14/h12-15,17H,3-11H2,1-2H3,(H,18,19). The van der Waals surface area contributed by atoms with Gasteiger partial charge in [-0.05, 0) is 38.1 Å². The molecule has 0 radical (unpaired) electrons. The van der Waals surface area contributed by atoms with Gasteiger partial charge in [-0.15, -0.1) is 0 Å². The fourth-order valence-corrected chi connectivity index (χ4v) is 6.22. The molecule has 1 aliphatic heterocycles. The normalized spacial score (nSPS) is 25.9. The summed E-state index contributed by atoms with van der Waals surface area (Å²) in [5.74, 6) is -0.488. The molecular formula is C16H30N2O3S. The molecule has 1 saturated heterocycles. The fourth-order valence-electron chi connectivity index (χ4n) is 3.69. The summed E-state index contributed by atoms with van der Waals surface area (Å²) in [5, 5.41) is 4.98. The van der Waals surface area contributed by atoms with Gasteiger partial charge in [0.2, 0.25) is 5.91 Å². The number of rotatable bonds is 5. The lowest BCUT2D eigenvalue weighted by atomic mass is 10.0. The average molecular weight is 330 g/mol. The molecule has 2 atom stereocenters. The topological polar surface area (TPSA) is 75.3 Å². The minimum absolute atomic E-state index is 0.0593. The first-order chi connectivity index (χ1) is 10.4. The molecule has 1 amide bonds. The van der Waals surface area contributed by atoms with Crippen molar-refractivity contribution < 1.29 is 13.2 Å². The zero-order chi connectivity index (χ0) is 16.2. The van der Waals surface area contributed by atoms with E-state index in [1.165, 1.54) is 0 Å². The van der Waals surface area contributed by atoms with Crippen molar-refractivity contribution in [3.63, 3.8) is 0 Å². The van der Waals surface area contributed by atoms with Crippen LogP contribution in [0.25, 0.3) is 0 Å². The SMILES string of the molecule is CC(C)C(C(=O)NC1CCCNC1)S(=O)(=O)C1CCCCC1. The predicted molar refractivity (Wildman–Crippen MR) is 88.5 cm³/mol. The van der Waals surface area contributed by atoms with E-state index in [1.54, 1.807) is 0 Å². The predicted octanol–water partition coefficient (Wildman–Crippen LogP) is 1.63. The summed E-state index contributed by atoms with van der Waals surface area (Å²) < 4.78 is 25.9. The Labute approximate surface area is 134 Å². The van der Waals surface area contributed by atoms with Gasteiger partial charge in [-0.25, -0.2) is 8.42 Å². The fraction of sp³-hybridized carbons (Fsp3) is 0.938. The Bertz CT molecular complexity index is 464. The van der Waals surface area contributed by atoms with E-state index >= 15 is 0 Å². The van der Waals surface area contributed by atoms with Crippen LogP contribution in [-0.4, -0.2) is 44.0 Å². The van der Waals surface area contributed by atoms with Crippen LogP contribution >= 0.6 is 0 Å². The molecule has 1 heterocycles. The number of sulfone groups is 1. The summed E-state index contributed by atoms with van der Waals surface area (Å²) in [5.41, 5.74) is 0. The molecule has 128 valence electrons. The van der Waals surface area contributed by atoms with Crippen LogP contribution in [0.3, 0.4) is 0 Å². The van der Waals surface area contributed by atoms with Gasteiger partial charge in [0.05, 0.1) is 5.25 Å². The van der Waals surface area contributed by atoms with Gasteiger partial charge < -0.3 is 10.6 Å². The third-order valence-corrected chi connectivity index (χ3v) is 7.74. The third kappa shape index (κ3) is 4.22. The van der Waals surface area contributed by atoms with Crippen molar-refractivity contribution in [1.29, 1.82) is 0 Å². The van der Waals surface area contributed by atoms with Crippen LogP contribution < -0.4 is 10.6 Å². The van der Waals surface area contributed by atoms with E-state index in [4.69, 9.17) is 0 Å². The van der Waals surface area contributed by atoms with Crippen LogP contribution in [0.4, 0.5) is 0 Å². The smallest absolute Gasteiger partial charge is 0.238 e. The molecule has 5 nitrogen and oxygen atoms in total. The van der Waals surface area contributed by atoms with E-state index in [0.717, 1.165) is 45.2 Å². The molecule has 2 N–H and O–H groups in total. The van der Waals surface area contributed by atoms with Crippen LogP contribution in [-0.2, 0) is 14.6 Å². The molecule has 0 aromatic rings. The summed E-state index contributed by atoms with van der Waals surface area (Å²) in [4.78, 5) is 12.6. The van der Waals surface area contributed by atoms with Gasteiger partial charge in [0, 0.05) is 12.6 Å². The van der Waals surface area contributed by atoms with Gasteiger partial charge >= 0.3 is 0 Å². The molecule has 22 heavy (non-hydrogen) atoms. The van der Waals surface area contributed by atoms with Crippen molar-refractivity contribution in [3.05, 3.63) is 0 Å². The number of carbonyl (C=O) groups excluding carboxylic acids is 1. The first-order valence-electron chi connectivity index (χ1n) is 8.66. The van der Waals surface area contributed by atoms with E-state index in [0.29, 0.717) is 12.8 Å². The van der Waals surface area contributed by atoms with Crippen molar-refractivity contribution in [2.75, 3.05) is 13.1 Å². The van der Waals surface area contributed by atoms with Gasteiger partial charge in [-0.2, -0.15) is 0 Å². The summed E-state index contributed by atoms with van der Waals surface area (Å²) in [6.45, 7) is 5.38. The highest BCUT2D eigenvalue weighted by atomic mass is 32.2. The molecule has 0 bridgehead atoms. The van der Waals surface area contributed by atoms with Gasteiger partial charge in [0.25, 0.3) is 0 Å². The number of piperidine rings is 1. The highest BCUT2D eigenvalue weighted by molar-refractivity contribution is 7.93. The Kier molecular flexibility index (Phi) is 6.26. The second-order valence-corrected chi connectivity index (χ2v) is 9.42. The Morgan fingerprint density at radius 3 is 2.32 bits per heavy atom. The maximum absolute atomic E-state index is 12.9. The van der Waals surface area contributed by atoms with Crippen LogP contribution in [0, 0.1) is 5.92 Å². The van der Waals surface area contributed by atoms with Gasteiger partial charge in [0.1, 0.15) is 5.25 Å². The summed E-state index contributed by atoms with van der Waals surface area (Å²) in [7, 11) is -3.41. The van der Waals surface area contributed by atoms with E-state index in [2.05, 4.69) is 10.6 Å². The number of hydrogen-bond acceptors (Lipinski definition) is 4. The number of nitrogens with one attached hydrogen (secondary N) is 2. The zero-order valence-corrected chi connectivity index (χ0v) is 14.6. The quantitative estimate of drug-likeness (QED) is 0.803. The maximum atomic E-state index is 12.9. The van der Waals surface area contributed by atoms with Crippen molar-refractivity contribution in [2.45, 2.75) is 75.3 Å². The second kappa shape index (κ2) is 7.77. The summed E-state index contributed by atoms with van der Waals surface area (Å²) in [6.07, 6.45) is 6.40. The van der Waals surface area contributed by atoms with Gasteiger partial charge in [-0.3, -0.25) is 4.79 Å². The van der Waals surface area contributed by atoms with Crippen molar-refractivity contribution >= 4 is 15.7 Å². The molecule has 6 heteroatoms. The van der Waals surface area contributed by atoms with E-state index in [-0.39, 0.29) is 23.1 Å². The first-order valence-corrected chi connectivity index (χ1v) is 10.3. The minimum Gasteiger partial charge on any atom is -0.351 e. The maximum Gasteiger partial charge on any atom is 0.238 e. The molecule has 0 aromatic heterocycles. The minimum atomic E-state index is -3.41. The Hall–Kier alpha value is -0.620. The highest BCUT2D eigenvalue weighted by Gasteiger charge is 2.41. The molecule has 0 spiro atoms. The summed E-state index contributed by atoms with van der Waals surface area (Å²) in [6, 6.07) is 0.0593. The van der Waals surface area contributed by atoms with E-state index in [1.807, 2.05) is 13.8 Å². The number of carbonyl (C=O) groups is 1. The Morgan fingerprint density at radius 2 is 1.77 bits per heavy atom. The van der Waals surface area contributed by atoms with Crippen LogP contribution in [0.15, 0.2) is 0 Å². The van der Waals surface area contributed by atoms with E-state index in [9.17, 15) is 13.2 Å². The zero-order valence-electron chi connectivity index (χ0n) is 13.8. The Morgan fingerprint density at radius 1 is 1.09 bits per heavy atom. The second-order valence-electron chi connectivity index (χ2n) is 7.07. The third-order valence-electron chi connectivity index (χ3n) is 4.88. The first kappa shape index (κ1) is 17.7. The van der Waals surface area contributed by atoms with Crippen molar-refractivity contribution in [1.82, 2.24) is 10.6 Å². The number of hydrogen-bond donors (Lipinski definition) is 2. The lowest BCUT2D eigenvalue weighted by Gasteiger charge is -2.31. The van der Waals surface area contributed by atoms with E-state index < -0.39 is 15.1 Å². The Balaban J connectivity index is 2.08. The molecule has 2 aliphatic rings. The van der Waals surface area contributed by atoms with Crippen LogP contribution in [0.5, 0.6) is 0 Å². The molecule has 2 rings (SSSR count). The van der Waals surface area contributed by atoms with Gasteiger partial charge in [-0.1, -0.05) is 33.1 Å². The summed E-state index contributed by atoms with van der Waals surface area (Å²) >= 11 is 0. The molecule has 2 unspecified atom stereocenters. The largest absolute Gasteiger partial charge is 0.351 e. The van der Waals surface area contributed by atoms with Crippen LogP contribution in [0.2, 0.25) is 0 Å². The lowest BCUT2D eigenvalue weighted by Crippen LogP contribution is -2.53. The highest BCUT2D eigenvalue weighted by Crippen LogP contribution is 2.29. The molecule has 1 aliphatic carbocycles. The molecular weight excluding hydrogens is 300 g/mol. The monoisotopic (exact) mass is 330 g/mol. The lowest BCUT2D eigenvalue weighted by molar-refractivity contribution is -0.122. The van der Waals surface area contributed by atoms with Crippen molar-refractivity contribution in [3.8, 4) is 0 Å². The molecule has 2 fully saturated rings. The van der Waals surface area contributed by atoms with Crippen LogP contribution in [0.1, 0.15) is 58.8 Å². The molecule has 1 saturated carbocycles. The van der Waals surface area contributed by atoms with Gasteiger partial charge in [0.15, 0.2) is 9.84 Å². The van der Waals surface area contributed by atoms with Crippen molar-refractivity contribution in [2.24, 2.45) is 5.92 Å². The number of amides is 1. The average Bonchev–Trinajstić information content (AvgIpc) is 2.48.